The second-order valence-corrected chi connectivity index (χ2v) is 6.29. The smallest absolute Gasteiger partial charge is 0.223 e. The van der Waals surface area contributed by atoms with Gasteiger partial charge in [-0.3, -0.25) is 9.69 Å². The second kappa shape index (κ2) is 8.35. The van der Waals surface area contributed by atoms with E-state index < -0.39 is 0 Å². The predicted octanol–water partition coefficient (Wildman–Crippen LogP) is 1.31. The summed E-state index contributed by atoms with van der Waals surface area (Å²) in [5.74, 6) is 0.156. The van der Waals surface area contributed by atoms with Crippen molar-refractivity contribution < 1.29 is 4.79 Å². The summed E-state index contributed by atoms with van der Waals surface area (Å²) in [7, 11) is 1.79. The molecule has 1 aliphatic carbocycles. The van der Waals surface area contributed by atoms with E-state index in [1.165, 1.54) is 25.7 Å². The van der Waals surface area contributed by atoms with Crippen LogP contribution in [-0.2, 0) is 4.79 Å². The van der Waals surface area contributed by atoms with Crippen molar-refractivity contribution in [2.24, 2.45) is 0 Å². The van der Waals surface area contributed by atoms with E-state index in [-0.39, 0.29) is 5.91 Å². The first-order valence-corrected chi connectivity index (χ1v) is 8.28. The van der Waals surface area contributed by atoms with Gasteiger partial charge in [-0.05, 0) is 12.8 Å². The van der Waals surface area contributed by atoms with Crippen molar-refractivity contribution in [2.45, 2.75) is 44.6 Å². The molecule has 21 heavy (non-hydrogen) atoms. The van der Waals surface area contributed by atoms with Crippen molar-refractivity contribution in [3.63, 3.8) is 0 Å². The molecule has 1 aliphatic heterocycles. The molecule has 0 radical (unpaired) electrons. The van der Waals surface area contributed by atoms with Crippen molar-refractivity contribution in [1.29, 1.82) is 5.26 Å². The lowest BCUT2D eigenvalue weighted by atomic mass is 10.2. The molecule has 0 atom stereocenters. The lowest BCUT2D eigenvalue weighted by Crippen LogP contribution is -2.50. The Kier molecular flexibility index (Phi) is 6.47. The molecule has 5 heteroatoms. The van der Waals surface area contributed by atoms with Crippen LogP contribution in [0.3, 0.4) is 0 Å². The van der Waals surface area contributed by atoms with Crippen LogP contribution in [0, 0.1) is 11.3 Å². The lowest BCUT2D eigenvalue weighted by molar-refractivity contribution is -0.130. The van der Waals surface area contributed by atoms with E-state index >= 15 is 0 Å². The van der Waals surface area contributed by atoms with Crippen LogP contribution in [0.1, 0.15) is 38.5 Å². The zero-order valence-corrected chi connectivity index (χ0v) is 13.3. The number of carbonyl (C=O) groups excluding carboxylic acids is 1. The van der Waals surface area contributed by atoms with Crippen LogP contribution in [0.4, 0.5) is 0 Å². The zero-order valence-electron chi connectivity index (χ0n) is 13.3. The largest absolute Gasteiger partial charge is 0.345 e. The Bertz CT molecular complexity index is 365. The summed E-state index contributed by atoms with van der Waals surface area (Å²) in [4.78, 5) is 18.7. The minimum atomic E-state index is 0.156. The summed E-state index contributed by atoms with van der Waals surface area (Å²) in [6, 6.07) is 2.91. The Morgan fingerprint density at radius 1 is 1.24 bits per heavy atom. The third kappa shape index (κ3) is 4.98. The molecule has 5 nitrogen and oxygen atoms in total. The molecule has 118 valence electrons. The molecular formula is C16H28N4O. The van der Waals surface area contributed by atoms with Crippen LogP contribution >= 0.6 is 0 Å². The molecule has 1 heterocycles. The number of hydrogen-bond donors (Lipinski definition) is 0. The maximum atomic E-state index is 11.9. The Labute approximate surface area is 128 Å². The molecule has 1 amide bonds. The van der Waals surface area contributed by atoms with E-state index in [4.69, 9.17) is 5.26 Å². The molecule has 0 spiro atoms. The maximum Gasteiger partial charge on any atom is 0.223 e. The van der Waals surface area contributed by atoms with Crippen molar-refractivity contribution in [3.05, 3.63) is 0 Å². The third-order valence-corrected chi connectivity index (χ3v) is 4.87. The van der Waals surface area contributed by atoms with Gasteiger partial charge in [0.2, 0.25) is 5.91 Å². The van der Waals surface area contributed by atoms with Gasteiger partial charge in [0, 0.05) is 58.8 Å². The Balaban J connectivity index is 1.62. The van der Waals surface area contributed by atoms with Gasteiger partial charge in [-0.25, -0.2) is 0 Å². The number of rotatable bonds is 6. The van der Waals surface area contributed by atoms with Gasteiger partial charge in [0.25, 0.3) is 0 Å². The molecule has 2 fully saturated rings. The van der Waals surface area contributed by atoms with Crippen molar-refractivity contribution in [1.82, 2.24) is 14.7 Å². The van der Waals surface area contributed by atoms with Gasteiger partial charge in [-0.2, -0.15) is 5.26 Å². The Morgan fingerprint density at radius 2 is 1.90 bits per heavy atom. The summed E-state index contributed by atoms with van der Waals surface area (Å²) in [5.41, 5.74) is 0. The first-order chi connectivity index (χ1) is 10.2. The molecule has 0 aromatic carbocycles. The highest BCUT2D eigenvalue weighted by molar-refractivity contribution is 5.76. The van der Waals surface area contributed by atoms with E-state index in [2.05, 4.69) is 15.9 Å². The molecule has 0 aromatic rings. The summed E-state index contributed by atoms with van der Waals surface area (Å²) in [6.45, 7) is 5.89. The van der Waals surface area contributed by atoms with E-state index in [1.54, 1.807) is 11.9 Å². The zero-order chi connectivity index (χ0) is 15.1. The number of amides is 1. The molecule has 1 saturated carbocycles. The predicted molar refractivity (Wildman–Crippen MR) is 82.8 cm³/mol. The highest BCUT2D eigenvalue weighted by Gasteiger charge is 2.26. The SMILES string of the molecule is CN(CCC#N)C(=O)CCN1CCN(C2CCCC2)CC1. The van der Waals surface area contributed by atoms with Gasteiger partial charge in [0.05, 0.1) is 12.5 Å². The summed E-state index contributed by atoms with van der Waals surface area (Å²) < 4.78 is 0. The number of nitriles is 1. The first-order valence-electron chi connectivity index (χ1n) is 8.28. The van der Waals surface area contributed by atoms with Crippen molar-refractivity contribution in [2.75, 3.05) is 46.3 Å². The summed E-state index contributed by atoms with van der Waals surface area (Å²) in [6.07, 6.45) is 6.54. The Morgan fingerprint density at radius 3 is 2.52 bits per heavy atom. The minimum Gasteiger partial charge on any atom is -0.345 e. The molecule has 0 N–H and O–H groups in total. The fraction of sp³-hybridized carbons (Fsp3) is 0.875. The van der Waals surface area contributed by atoms with Crippen LogP contribution < -0.4 is 0 Å². The van der Waals surface area contributed by atoms with Gasteiger partial charge in [0.1, 0.15) is 0 Å². The summed E-state index contributed by atoms with van der Waals surface area (Å²) in [5, 5.41) is 8.54. The van der Waals surface area contributed by atoms with E-state index in [0.717, 1.165) is 38.8 Å². The number of hydrogen-bond acceptors (Lipinski definition) is 4. The quantitative estimate of drug-likeness (QED) is 0.740. The molecular weight excluding hydrogens is 264 g/mol. The van der Waals surface area contributed by atoms with Crippen molar-refractivity contribution >= 4 is 5.91 Å². The van der Waals surface area contributed by atoms with Crippen LogP contribution in [0.25, 0.3) is 0 Å². The molecule has 0 unspecified atom stereocenters. The fourth-order valence-electron chi connectivity index (χ4n) is 3.41. The normalized spacial score (nSPS) is 21.3. The minimum absolute atomic E-state index is 0.156. The monoisotopic (exact) mass is 292 g/mol. The molecule has 2 rings (SSSR count). The maximum absolute atomic E-state index is 11.9. The van der Waals surface area contributed by atoms with Crippen LogP contribution in [-0.4, -0.2) is 73.0 Å². The molecule has 1 saturated heterocycles. The van der Waals surface area contributed by atoms with Gasteiger partial charge in [-0.15, -0.1) is 0 Å². The number of piperazine rings is 1. The first kappa shape index (κ1) is 16.3. The standard InChI is InChI=1S/C16H28N4O/c1-18(9-4-8-17)16(21)7-10-19-11-13-20(14-12-19)15-5-2-3-6-15/h15H,2-7,9-14H2,1H3. The molecule has 2 aliphatic rings. The van der Waals surface area contributed by atoms with E-state index in [9.17, 15) is 4.79 Å². The number of carbonyl (C=O) groups is 1. The third-order valence-electron chi connectivity index (χ3n) is 4.87. The molecule has 0 bridgehead atoms. The highest BCUT2D eigenvalue weighted by Crippen LogP contribution is 2.24. The average Bonchev–Trinajstić information content (AvgIpc) is 3.05. The fourth-order valence-corrected chi connectivity index (χ4v) is 3.41. The van der Waals surface area contributed by atoms with Crippen LogP contribution in [0.15, 0.2) is 0 Å². The highest BCUT2D eigenvalue weighted by atomic mass is 16.2. The average molecular weight is 292 g/mol. The van der Waals surface area contributed by atoms with Crippen molar-refractivity contribution in [3.8, 4) is 6.07 Å². The van der Waals surface area contributed by atoms with E-state index in [0.29, 0.717) is 19.4 Å². The van der Waals surface area contributed by atoms with Crippen LogP contribution in [0.5, 0.6) is 0 Å². The van der Waals surface area contributed by atoms with Gasteiger partial charge in [0.15, 0.2) is 0 Å². The lowest BCUT2D eigenvalue weighted by Gasteiger charge is -2.38. The van der Waals surface area contributed by atoms with Gasteiger partial charge >= 0.3 is 0 Å². The second-order valence-electron chi connectivity index (χ2n) is 6.29. The van der Waals surface area contributed by atoms with E-state index in [1.807, 2.05) is 0 Å². The molecule has 0 aromatic heterocycles. The topological polar surface area (TPSA) is 50.6 Å². The Hall–Kier alpha value is -1.12. The number of nitrogens with zero attached hydrogens (tertiary/aromatic N) is 4. The van der Waals surface area contributed by atoms with Gasteiger partial charge < -0.3 is 9.80 Å². The van der Waals surface area contributed by atoms with Crippen LogP contribution in [0.2, 0.25) is 0 Å². The summed E-state index contributed by atoms with van der Waals surface area (Å²) >= 11 is 0. The van der Waals surface area contributed by atoms with Gasteiger partial charge in [-0.1, -0.05) is 12.8 Å².